The van der Waals surface area contributed by atoms with Crippen molar-refractivity contribution in [3.8, 4) is 0 Å². The Balaban J connectivity index is 1.55. The Morgan fingerprint density at radius 2 is 2.05 bits per heavy atom. The number of hydrogen-bond donors (Lipinski definition) is 1. The number of nitrogens with one attached hydrogen (secondary N) is 1. The van der Waals surface area contributed by atoms with Gasteiger partial charge in [-0.2, -0.15) is 0 Å². The van der Waals surface area contributed by atoms with Gasteiger partial charge in [-0.3, -0.25) is 4.90 Å². The number of nitrogens with zero attached hydrogens (tertiary/aromatic N) is 2. The largest absolute Gasteiger partial charge is 0.360 e. The normalized spacial score (nSPS) is 20.0. The third-order valence-electron chi connectivity index (χ3n) is 4.56. The summed E-state index contributed by atoms with van der Waals surface area (Å²) in [6.45, 7) is 7.52. The number of hydrogen-bond acceptors (Lipinski definition) is 4. The van der Waals surface area contributed by atoms with Crippen LogP contribution in [-0.4, -0.2) is 28.7 Å². The second-order valence-corrected chi connectivity index (χ2v) is 7.20. The maximum absolute atomic E-state index is 5.56. The molecule has 4 heteroatoms. The third kappa shape index (κ3) is 4.55. The van der Waals surface area contributed by atoms with E-state index in [0.717, 1.165) is 43.2 Å². The molecule has 1 N–H and O–H groups in total. The van der Waals surface area contributed by atoms with Gasteiger partial charge in [0, 0.05) is 31.2 Å². The van der Waals surface area contributed by atoms with Gasteiger partial charge in [-0.05, 0) is 31.6 Å². The molecule has 2 aliphatic rings. The average molecular weight is 291 g/mol. The Labute approximate surface area is 128 Å². The van der Waals surface area contributed by atoms with E-state index in [1.165, 1.54) is 38.5 Å². The predicted octanol–water partition coefficient (Wildman–Crippen LogP) is 3.33. The highest BCUT2D eigenvalue weighted by molar-refractivity contribution is 5.06. The van der Waals surface area contributed by atoms with Crippen LogP contribution in [0.3, 0.4) is 0 Å². The summed E-state index contributed by atoms with van der Waals surface area (Å²) in [5.74, 6) is 1.72. The Bertz CT molecular complexity index is 433. The highest BCUT2D eigenvalue weighted by atomic mass is 16.5. The van der Waals surface area contributed by atoms with Gasteiger partial charge in [0.1, 0.15) is 0 Å². The minimum absolute atomic E-state index is 0.699. The molecule has 3 rings (SSSR count). The molecule has 118 valence electrons. The van der Waals surface area contributed by atoms with Gasteiger partial charge < -0.3 is 9.84 Å². The molecule has 0 radical (unpaired) electrons. The van der Waals surface area contributed by atoms with Crippen LogP contribution in [0.4, 0.5) is 0 Å². The van der Waals surface area contributed by atoms with Crippen molar-refractivity contribution >= 4 is 0 Å². The maximum atomic E-state index is 5.56. The van der Waals surface area contributed by atoms with Crippen molar-refractivity contribution in [2.45, 2.75) is 77.5 Å². The van der Waals surface area contributed by atoms with Crippen molar-refractivity contribution in [1.29, 1.82) is 0 Å². The molecule has 0 saturated heterocycles. The summed E-state index contributed by atoms with van der Waals surface area (Å²) in [6.07, 6.45) is 8.08. The zero-order valence-electron chi connectivity index (χ0n) is 13.5. The Hall–Kier alpha value is -0.870. The smallest absolute Gasteiger partial charge is 0.151 e. The predicted molar refractivity (Wildman–Crippen MR) is 83.9 cm³/mol. The van der Waals surface area contributed by atoms with Crippen molar-refractivity contribution in [1.82, 2.24) is 15.4 Å². The summed E-state index contributed by atoms with van der Waals surface area (Å²) in [5, 5.41) is 7.70. The van der Waals surface area contributed by atoms with E-state index in [0.29, 0.717) is 5.92 Å². The van der Waals surface area contributed by atoms with Gasteiger partial charge in [0.25, 0.3) is 0 Å². The van der Waals surface area contributed by atoms with Gasteiger partial charge in [0.15, 0.2) is 5.76 Å². The van der Waals surface area contributed by atoms with Crippen molar-refractivity contribution in [3.05, 3.63) is 17.5 Å². The highest BCUT2D eigenvalue weighted by Crippen LogP contribution is 2.26. The standard InChI is InChI=1S/C17H29N3O/c1-13(2)11-20(16-5-3-4-6-16)12-17-9-15(19-21-17)10-18-14-7-8-14/h9,13-14,16,18H,3-8,10-12H2,1-2H3. The molecule has 0 aromatic carbocycles. The monoisotopic (exact) mass is 291 g/mol. The van der Waals surface area contributed by atoms with Crippen LogP contribution in [0.25, 0.3) is 0 Å². The fourth-order valence-corrected chi connectivity index (χ4v) is 3.33. The first-order valence-corrected chi connectivity index (χ1v) is 8.62. The molecule has 0 spiro atoms. The number of aromatic nitrogens is 1. The van der Waals surface area contributed by atoms with Crippen LogP contribution >= 0.6 is 0 Å². The molecule has 2 aliphatic carbocycles. The summed E-state index contributed by atoms with van der Waals surface area (Å²) in [4.78, 5) is 2.61. The van der Waals surface area contributed by atoms with Crippen molar-refractivity contribution in [2.24, 2.45) is 5.92 Å². The average Bonchev–Trinajstić information content (AvgIpc) is 2.94. The van der Waals surface area contributed by atoms with E-state index < -0.39 is 0 Å². The van der Waals surface area contributed by atoms with Gasteiger partial charge in [-0.25, -0.2) is 0 Å². The van der Waals surface area contributed by atoms with Crippen LogP contribution in [0.1, 0.15) is 63.8 Å². The van der Waals surface area contributed by atoms with Crippen molar-refractivity contribution in [2.75, 3.05) is 6.54 Å². The zero-order chi connectivity index (χ0) is 14.7. The molecule has 0 bridgehead atoms. The summed E-state index contributed by atoms with van der Waals surface area (Å²) in [5.41, 5.74) is 1.05. The third-order valence-corrected chi connectivity index (χ3v) is 4.56. The molecule has 1 aromatic heterocycles. The molecule has 1 heterocycles. The topological polar surface area (TPSA) is 41.3 Å². The summed E-state index contributed by atoms with van der Waals surface area (Å²) in [7, 11) is 0. The lowest BCUT2D eigenvalue weighted by molar-refractivity contribution is 0.151. The molecule has 0 unspecified atom stereocenters. The lowest BCUT2D eigenvalue weighted by Gasteiger charge is -2.29. The first-order chi connectivity index (χ1) is 10.2. The summed E-state index contributed by atoms with van der Waals surface area (Å²) >= 11 is 0. The molecule has 0 atom stereocenters. The fourth-order valence-electron chi connectivity index (χ4n) is 3.33. The van der Waals surface area contributed by atoms with E-state index in [-0.39, 0.29) is 0 Å². The molecule has 2 fully saturated rings. The molecule has 4 nitrogen and oxygen atoms in total. The fraction of sp³-hybridized carbons (Fsp3) is 0.824. The molecule has 1 aromatic rings. The van der Waals surface area contributed by atoms with Crippen LogP contribution in [0.15, 0.2) is 10.6 Å². The van der Waals surface area contributed by atoms with Crippen molar-refractivity contribution < 1.29 is 4.52 Å². The Morgan fingerprint density at radius 3 is 2.71 bits per heavy atom. The van der Waals surface area contributed by atoms with Gasteiger partial charge in [0.2, 0.25) is 0 Å². The molecule has 0 amide bonds. The molecule has 0 aliphatic heterocycles. The van der Waals surface area contributed by atoms with E-state index >= 15 is 0 Å². The summed E-state index contributed by atoms with van der Waals surface area (Å²) < 4.78 is 5.56. The minimum atomic E-state index is 0.699. The quantitative estimate of drug-likeness (QED) is 0.797. The van der Waals surface area contributed by atoms with E-state index in [4.69, 9.17) is 4.52 Å². The first-order valence-electron chi connectivity index (χ1n) is 8.62. The Kier molecular flexibility index (Phi) is 4.96. The first kappa shape index (κ1) is 15.0. The minimum Gasteiger partial charge on any atom is -0.360 e. The zero-order valence-corrected chi connectivity index (χ0v) is 13.5. The lowest BCUT2D eigenvalue weighted by atomic mass is 10.1. The molecular weight excluding hydrogens is 262 g/mol. The maximum Gasteiger partial charge on any atom is 0.151 e. The van der Waals surface area contributed by atoms with Crippen LogP contribution in [0, 0.1) is 5.92 Å². The van der Waals surface area contributed by atoms with E-state index in [1.807, 2.05) is 0 Å². The van der Waals surface area contributed by atoms with Gasteiger partial charge in [-0.15, -0.1) is 0 Å². The lowest BCUT2D eigenvalue weighted by Crippen LogP contribution is -2.35. The van der Waals surface area contributed by atoms with E-state index in [2.05, 4.69) is 35.3 Å². The summed E-state index contributed by atoms with van der Waals surface area (Å²) in [6, 6.07) is 3.60. The molecule has 21 heavy (non-hydrogen) atoms. The Morgan fingerprint density at radius 1 is 1.29 bits per heavy atom. The van der Waals surface area contributed by atoms with Crippen LogP contribution < -0.4 is 5.32 Å². The highest BCUT2D eigenvalue weighted by Gasteiger charge is 2.25. The molecule has 2 saturated carbocycles. The van der Waals surface area contributed by atoms with Crippen molar-refractivity contribution in [3.63, 3.8) is 0 Å². The second-order valence-electron chi connectivity index (χ2n) is 7.20. The van der Waals surface area contributed by atoms with Crippen LogP contribution in [0.2, 0.25) is 0 Å². The number of rotatable bonds is 8. The van der Waals surface area contributed by atoms with Gasteiger partial charge >= 0.3 is 0 Å². The van der Waals surface area contributed by atoms with Crippen LogP contribution in [0.5, 0.6) is 0 Å². The molecular formula is C17H29N3O. The van der Waals surface area contributed by atoms with Crippen LogP contribution in [-0.2, 0) is 13.1 Å². The van der Waals surface area contributed by atoms with Gasteiger partial charge in [-0.1, -0.05) is 31.8 Å². The van der Waals surface area contributed by atoms with E-state index in [1.54, 1.807) is 0 Å². The second kappa shape index (κ2) is 6.93. The van der Waals surface area contributed by atoms with E-state index in [9.17, 15) is 0 Å². The SMILES string of the molecule is CC(C)CN(Cc1cc(CNC2CC2)no1)C1CCCC1. The van der Waals surface area contributed by atoms with Gasteiger partial charge in [0.05, 0.1) is 12.2 Å².